The van der Waals surface area contributed by atoms with Crippen molar-refractivity contribution < 1.29 is 21.6 Å². The summed E-state index contributed by atoms with van der Waals surface area (Å²) in [6.07, 6.45) is 0. The monoisotopic (exact) mass is 623 g/mol. The zero-order chi connectivity index (χ0) is 28.4. The molecule has 0 spiro atoms. The molecule has 8 nitrogen and oxygen atoms in total. The normalized spacial score (nSPS) is 11.6. The zero-order valence-corrected chi connectivity index (χ0v) is 24.0. The van der Waals surface area contributed by atoms with Crippen molar-refractivity contribution >= 4 is 77.8 Å². The van der Waals surface area contributed by atoms with Crippen molar-refractivity contribution in [3.63, 3.8) is 0 Å². The van der Waals surface area contributed by atoms with E-state index in [1.54, 1.807) is 0 Å². The number of rotatable bonds is 8. The molecule has 4 aromatic rings. The van der Waals surface area contributed by atoms with Crippen LogP contribution in [0.15, 0.2) is 101 Å². The van der Waals surface area contributed by atoms with Crippen molar-refractivity contribution in [1.82, 2.24) is 0 Å². The van der Waals surface area contributed by atoms with Crippen LogP contribution in [-0.4, -0.2) is 29.8 Å². The summed E-state index contributed by atoms with van der Waals surface area (Å²) in [4.78, 5) is 12.8. The summed E-state index contributed by atoms with van der Waals surface area (Å²) in [5, 5.41) is 3.66. The molecule has 0 saturated carbocycles. The number of hydrogen-bond donors (Lipinski definition) is 2. The quantitative estimate of drug-likeness (QED) is 0.232. The maximum atomic E-state index is 12.9. The van der Waals surface area contributed by atoms with E-state index in [-0.39, 0.29) is 31.1 Å². The van der Waals surface area contributed by atoms with Crippen LogP contribution in [0.1, 0.15) is 10.4 Å². The molecule has 0 atom stereocenters. The molecule has 0 fully saturated rings. The summed E-state index contributed by atoms with van der Waals surface area (Å²) < 4.78 is 54.7. The lowest BCUT2D eigenvalue weighted by Crippen LogP contribution is -2.26. The van der Waals surface area contributed by atoms with E-state index in [9.17, 15) is 21.6 Å². The summed E-state index contributed by atoms with van der Waals surface area (Å²) in [6, 6.07) is 21.7. The first-order chi connectivity index (χ1) is 18.3. The highest BCUT2D eigenvalue weighted by atomic mass is 35.5. The van der Waals surface area contributed by atoms with Gasteiger partial charge in [-0.3, -0.25) is 13.8 Å². The van der Waals surface area contributed by atoms with Gasteiger partial charge in [0, 0.05) is 33.4 Å². The molecule has 0 heterocycles. The molecule has 0 saturated heterocycles. The molecular formula is C26H20Cl3N3O5S2. The minimum Gasteiger partial charge on any atom is -0.322 e. The van der Waals surface area contributed by atoms with Gasteiger partial charge in [-0.25, -0.2) is 16.8 Å². The zero-order valence-electron chi connectivity index (χ0n) is 20.1. The SMILES string of the molecule is CN(c1ccc(C(=O)Nc2ccc(S(=O)(=O)Nc3cc(Cl)cc(Cl)c3)cc2)cc1)S(=O)(=O)c1ccc(Cl)cc1. The van der Waals surface area contributed by atoms with Crippen LogP contribution in [0.25, 0.3) is 0 Å². The molecular weight excluding hydrogens is 605 g/mol. The van der Waals surface area contributed by atoms with Gasteiger partial charge in [-0.05, 0) is 91.0 Å². The highest BCUT2D eigenvalue weighted by molar-refractivity contribution is 7.93. The van der Waals surface area contributed by atoms with E-state index in [2.05, 4.69) is 10.0 Å². The lowest BCUT2D eigenvalue weighted by Gasteiger charge is -2.20. The van der Waals surface area contributed by atoms with E-state index >= 15 is 0 Å². The predicted molar refractivity (Wildman–Crippen MR) is 155 cm³/mol. The average Bonchev–Trinajstić information content (AvgIpc) is 2.88. The van der Waals surface area contributed by atoms with Gasteiger partial charge < -0.3 is 5.32 Å². The van der Waals surface area contributed by atoms with E-state index in [0.29, 0.717) is 16.4 Å². The largest absolute Gasteiger partial charge is 0.322 e. The Morgan fingerprint density at radius 3 is 1.77 bits per heavy atom. The third kappa shape index (κ3) is 6.84. The molecule has 0 radical (unpaired) electrons. The van der Waals surface area contributed by atoms with Gasteiger partial charge in [-0.1, -0.05) is 34.8 Å². The number of carbonyl (C=O) groups excluding carboxylic acids is 1. The van der Waals surface area contributed by atoms with Gasteiger partial charge in [0.1, 0.15) is 0 Å². The Bertz CT molecular complexity index is 1710. The number of hydrogen-bond acceptors (Lipinski definition) is 5. The van der Waals surface area contributed by atoms with E-state index < -0.39 is 26.0 Å². The molecule has 2 N–H and O–H groups in total. The minimum absolute atomic E-state index is 0.0362. The Morgan fingerprint density at radius 2 is 1.21 bits per heavy atom. The predicted octanol–water partition coefficient (Wildman–Crippen LogP) is 6.53. The molecule has 1 amide bonds. The maximum absolute atomic E-state index is 12.9. The molecule has 13 heteroatoms. The second-order valence-corrected chi connectivity index (χ2v) is 13.2. The summed E-state index contributed by atoms with van der Waals surface area (Å²) in [6.45, 7) is 0. The Morgan fingerprint density at radius 1 is 0.667 bits per heavy atom. The Balaban J connectivity index is 1.43. The van der Waals surface area contributed by atoms with Crippen LogP contribution in [0, 0.1) is 0 Å². The molecule has 202 valence electrons. The van der Waals surface area contributed by atoms with Gasteiger partial charge >= 0.3 is 0 Å². The molecule has 0 aliphatic heterocycles. The minimum atomic E-state index is -3.93. The molecule has 39 heavy (non-hydrogen) atoms. The van der Waals surface area contributed by atoms with Crippen molar-refractivity contribution in [3.05, 3.63) is 112 Å². The Kier molecular flexibility index (Phi) is 8.43. The molecule has 4 aromatic carbocycles. The third-order valence-corrected chi connectivity index (χ3v) is 9.39. The van der Waals surface area contributed by atoms with E-state index in [1.807, 2.05) is 0 Å². The van der Waals surface area contributed by atoms with Crippen LogP contribution in [-0.2, 0) is 20.0 Å². The van der Waals surface area contributed by atoms with Gasteiger partial charge in [0.25, 0.3) is 26.0 Å². The second kappa shape index (κ2) is 11.4. The summed E-state index contributed by atoms with van der Waals surface area (Å²) in [5.74, 6) is -0.466. The van der Waals surface area contributed by atoms with Crippen molar-refractivity contribution in [2.75, 3.05) is 21.4 Å². The fraction of sp³-hybridized carbons (Fsp3) is 0.0385. The van der Waals surface area contributed by atoms with E-state index in [0.717, 1.165) is 4.31 Å². The smallest absolute Gasteiger partial charge is 0.264 e. The van der Waals surface area contributed by atoms with Crippen LogP contribution < -0.4 is 14.3 Å². The number of anilines is 3. The first-order valence-corrected chi connectivity index (χ1v) is 15.2. The number of nitrogens with one attached hydrogen (secondary N) is 2. The maximum Gasteiger partial charge on any atom is 0.264 e. The van der Waals surface area contributed by atoms with E-state index in [1.165, 1.54) is 98.0 Å². The Hall–Kier alpha value is -3.28. The lowest BCUT2D eigenvalue weighted by atomic mass is 10.2. The van der Waals surface area contributed by atoms with Gasteiger partial charge in [-0.2, -0.15) is 0 Å². The Labute approximate surface area is 241 Å². The standard InChI is InChI=1S/C26H20Cl3N3O5S2/c1-32(39(36,37)25-10-4-18(27)5-11-25)23-8-2-17(3-9-23)26(33)30-21-6-12-24(13-7-21)38(34,35)31-22-15-19(28)14-20(29)16-22/h2-16,31H,1H3,(H,30,33). The summed E-state index contributed by atoms with van der Waals surface area (Å²) >= 11 is 17.7. The third-order valence-electron chi connectivity index (χ3n) is 5.50. The molecule has 0 aliphatic carbocycles. The molecule has 0 aliphatic rings. The average molecular weight is 625 g/mol. The van der Waals surface area contributed by atoms with Crippen LogP contribution >= 0.6 is 34.8 Å². The summed E-state index contributed by atoms with van der Waals surface area (Å²) in [7, 11) is -6.35. The van der Waals surface area contributed by atoms with Crippen molar-refractivity contribution in [3.8, 4) is 0 Å². The van der Waals surface area contributed by atoms with E-state index in [4.69, 9.17) is 34.8 Å². The number of amides is 1. The number of benzene rings is 4. The number of halogens is 3. The van der Waals surface area contributed by atoms with Crippen LogP contribution in [0.3, 0.4) is 0 Å². The fourth-order valence-corrected chi connectivity index (χ4v) is 6.36. The van der Waals surface area contributed by atoms with Gasteiger partial charge in [0.15, 0.2) is 0 Å². The number of nitrogens with zero attached hydrogens (tertiary/aromatic N) is 1. The van der Waals surface area contributed by atoms with Crippen molar-refractivity contribution in [2.24, 2.45) is 0 Å². The molecule has 0 bridgehead atoms. The number of carbonyl (C=O) groups is 1. The van der Waals surface area contributed by atoms with Gasteiger partial charge in [0.05, 0.1) is 21.2 Å². The highest BCUT2D eigenvalue weighted by Crippen LogP contribution is 2.26. The summed E-state index contributed by atoms with van der Waals surface area (Å²) in [5.41, 5.74) is 1.19. The first kappa shape index (κ1) is 28.7. The molecule has 0 aromatic heterocycles. The van der Waals surface area contributed by atoms with Crippen LogP contribution in [0.4, 0.5) is 17.1 Å². The second-order valence-electron chi connectivity index (χ2n) is 8.22. The van der Waals surface area contributed by atoms with Crippen molar-refractivity contribution in [2.45, 2.75) is 9.79 Å². The topological polar surface area (TPSA) is 113 Å². The first-order valence-electron chi connectivity index (χ1n) is 11.1. The lowest BCUT2D eigenvalue weighted by molar-refractivity contribution is 0.102. The van der Waals surface area contributed by atoms with Crippen LogP contribution in [0.5, 0.6) is 0 Å². The van der Waals surface area contributed by atoms with Crippen molar-refractivity contribution in [1.29, 1.82) is 0 Å². The van der Waals surface area contributed by atoms with Gasteiger partial charge in [0.2, 0.25) is 0 Å². The number of sulfonamides is 2. The molecule has 0 unspecified atom stereocenters. The highest BCUT2D eigenvalue weighted by Gasteiger charge is 2.21. The fourth-order valence-electron chi connectivity index (χ4n) is 3.47. The van der Waals surface area contributed by atoms with Crippen LogP contribution in [0.2, 0.25) is 15.1 Å². The molecule has 4 rings (SSSR count). The van der Waals surface area contributed by atoms with Gasteiger partial charge in [-0.15, -0.1) is 0 Å².